The van der Waals surface area contributed by atoms with Gasteiger partial charge in [0.1, 0.15) is 0 Å². The molecule has 2 unspecified atom stereocenters. The molecule has 342 valence electrons. The van der Waals surface area contributed by atoms with E-state index < -0.39 is 12.1 Å². The van der Waals surface area contributed by atoms with E-state index in [0.717, 1.165) is 70.6 Å². The molecule has 0 spiro atoms. The third-order valence-electron chi connectivity index (χ3n) is 11.7. The third kappa shape index (κ3) is 43.9. The Morgan fingerprint density at radius 1 is 0.466 bits per heavy atom. The summed E-state index contributed by atoms with van der Waals surface area (Å²) in [6.07, 6.45) is 56.1. The van der Waals surface area contributed by atoms with E-state index in [0.29, 0.717) is 19.4 Å². The van der Waals surface area contributed by atoms with Crippen LogP contribution in [0.4, 0.5) is 0 Å². The van der Waals surface area contributed by atoms with Gasteiger partial charge in [0.05, 0.1) is 25.4 Å². The van der Waals surface area contributed by atoms with E-state index in [-0.39, 0.29) is 18.5 Å². The minimum absolute atomic E-state index is 0.0358. The summed E-state index contributed by atoms with van der Waals surface area (Å²) in [4.78, 5) is 24.4. The van der Waals surface area contributed by atoms with Crippen LogP contribution < -0.4 is 5.32 Å². The second kappa shape index (κ2) is 48.0. The van der Waals surface area contributed by atoms with E-state index in [2.05, 4.69) is 31.3 Å². The number of nitrogens with one attached hydrogen (secondary N) is 1. The van der Waals surface area contributed by atoms with E-state index >= 15 is 0 Å². The van der Waals surface area contributed by atoms with Gasteiger partial charge in [0.2, 0.25) is 5.91 Å². The first-order chi connectivity index (χ1) is 28.5. The number of carbonyl (C=O) groups excluding carboxylic acids is 2. The lowest BCUT2D eigenvalue weighted by Crippen LogP contribution is -2.45. The van der Waals surface area contributed by atoms with Gasteiger partial charge in [0.15, 0.2) is 0 Å². The lowest BCUT2D eigenvalue weighted by Gasteiger charge is -2.19. The maximum Gasteiger partial charge on any atom is 0.305 e. The first kappa shape index (κ1) is 56.3. The molecule has 0 rings (SSSR count). The minimum atomic E-state index is -0.874. The molecular weight excluding hydrogens is 719 g/mol. The quantitative estimate of drug-likeness (QED) is 0.0323. The van der Waals surface area contributed by atoms with Crippen molar-refractivity contribution < 1.29 is 24.5 Å². The molecule has 0 aliphatic rings. The molecule has 0 bridgehead atoms. The zero-order chi connectivity index (χ0) is 42.3. The van der Waals surface area contributed by atoms with Crippen LogP contribution in [0.15, 0.2) is 24.3 Å². The molecule has 3 N–H and O–H groups in total. The van der Waals surface area contributed by atoms with Crippen LogP contribution in [-0.4, -0.2) is 47.4 Å². The number of amides is 1. The zero-order valence-corrected chi connectivity index (χ0v) is 38.8. The highest BCUT2D eigenvalue weighted by Crippen LogP contribution is 2.16. The van der Waals surface area contributed by atoms with Crippen molar-refractivity contribution in [2.75, 3.05) is 13.2 Å². The Morgan fingerprint density at radius 3 is 1.26 bits per heavy atom. The van der Waals surface area contributed by atoms with E-state index in [1.165, 1.54) is 173 Å². The largest absolute Gasteiger partial charge is 0.466 e. The minimum Gasteiger partial charge on any atom is -0.466 e. The van der Waals surface area contributed by atoms with Gasteiger partial charge in [0, 0.05) is 12.8 Å². The Labute approximate surface area is 361 Å². The van der Waals surface area contributed by atoms with Crippen LogP contribution in [0.25, 0.3) is 0 Å². The number of hydrogen-bond donors (Lipinski definition) is 3. The summed E-state index contributed by atoms with van der Waals surface area (Å²) < 4.78 is 5.44. The van der Waals surface area contributed by atoms with Gasteiger partial charge in [-0.25, -0.2) is 0 Å². The Hall–Kier alpha value is -1.66. The van der Waals surface area contributed by atoms with Crippen molar-refractivity contribution in [2.24, 2.45) is 0 Å². The highest BCUT2D eigenvalue weighted by molar-refractivity contribution is 5.76. The molecule has 0 saturated carbocycles. The van der Waals surface area contributed by atoms with E-state index in [1.807, 2.05) is 6.08 Å². The molecule has 0 saturated heterocycles. The number of aliphatic hydroxyl groups is 2. The van der Waals surface area contributed by atoms with Gasteiger partial charge in [0.25, 0.3) is 0 Å². The van der Waals surface area contributed by atoms with Gasteiger partial charge < -0.3 is 20.3 Å². The summed E-state index contributed by atoms with van der Waals surface area (Å²) in [5, 5.41) is 23.0. The molecule has 0 aliphatic heterocycles. The maximum atomic E-state index is 12.4. The SMILES string of the molecule is CCCCCCCCCCCCCCCCCC/C=C/C(O)C(CO)NC(=O)CCC/C=C\CCCCCCOC(=O)CCCCCCCCCCCCCCCC. The van der Waals surface area contributed by atoms with Crippen LogP contribution >= 0.6 is 0 Å². The van der Waals surface area contributed by atoms with Crippen LogP contribution in [0.1, 0.15) is 271 Å². The zero-order valence-electron chi connectivity index (χ0n) is 38.8. The molecule has 2 atom stereocenters. The molecule has 6 heteroatoms. The van der Waals surface area contributed by atoms with Gasteiger partial charge in [-0.1, -0.05) is 231 Å². The highest BCUT2D eigenvalue weighted by atomic mass is 16.5. The molecule has 0 aromatic rings. The fourth-order valence-electron chi connectivity index (χ4n) is 7.75. The molecule has 0 fully saturated rings. The molecule has 0 heterocycles. The van der Waals surface area contributed by atoms with Crippen molar-refractivity contribution in [1.29, 1.82) is 0 Å². The summed E-state index contributed by atoms with van der Waals surface area (Å²) in [7, 11) is 0. The predicted molar refractivity (Wildman–Crippen MR) is 250 cm³/mol. The Morgan fingerprint density at radius 2 is 0.828 bits per heavy atom. The van der Waals surface area contributed by atoms with Crippen molar-refractivity contribution >= 4 is 11.9 Å². The average molecular weight is 818 g/mol. The molecule has 58 heavy (non-hydrogen) atoms. The number of rotatable bonds is 47. The van der Waals surface area contributed by atoms with Crippen molar-refractivity contribution in [3.63, 3.8) is 0 Å². The maximum absolute atomic E-state index is 12.4. The normalized spacial score (nSPS) is 12.8. The fraction of sp³-hybridized carbons (Fsp3) is 0.885. The van der Waals surface area contributed by atoms with Gasteiger partial charge in [-0.15, -0.1) is 0 Å². The van der Waals surface area contributed by atoms with Crippen molar-refractivity contribution in [2.45, 2.75) is 283 Å². The lowest BCUT2D eigenvalue weighted by molar-refractivity contribution is -0.143. The molecule has 1 amide bonds. The summed E-state index contributed by atoms with van der Waals surface area (Å²) in [5.74, 6) is -0.163. The summed E-state index contributed by atoms with van der Waals surface area (Å²) in [5.41, 5.74) is 0. The van der Waals surface area contributed by atoms with Crippen LogP contribution in [-0.2, 0) is 14.3 Å². The van der Waals surface area contributed by atoms with Gasteiger partial charge in [-0.05, 0) is 51.4 Å². The van der Waals surface area contributed by atoms with Crippen molar-refractivity contribution in [1.82, 2.24) is 5.32 Å². The Balaban J connectivity index is 3.57. The first-order valence-electron chi connectivity index (χ1n) is 25.6. The monoisotopic (exact) mass is 818 g/mol. The summed E-state index contributed by atoms with van der Waals surface area (Å²) in [6, 6.07) is -0.664. The molecule has 0 aliphatic carbocycles. The van der Waals surface area contributed by atoms with E-state index in [9.17, 15) is 19.8 Å². The Bertz CT molecular complexity index is 904. The lowest BCUT2D eigenvalue weighted by atomic mass is 10.0. The second-order valence-electron chi connectivity index (χ2n) is 17.5. The Kier molecular flexibility index (Phi) is 46.6. The standard InChI is InChI=1S/C52H99NO5/c1-3-5-7-9-11-13-15-17-19-20-21-22-23-25-28-32-36-40-44-50(55)49(48-54)53-51(56)45-41-37-33-29-27-31-35-39-43-47-58-52(57)46-42-38-34-30-26-24-18-16-14-12-10-8-6-4-2/h29,33,40,44,49-50,54-55H,3-28,30-32,34-39,41-43,45-48H2,1-2H3,(H,53,56)/b33-29-,44-40+. The summed E-state index contributed by atoms with van der Waals surface area (Å²) in [6.45, 7) is 4.82. The smallest absolute Gasteiger partial charge is 0.305 e. The number of carbonyl (C=O) groups is 2. The van der Waals surface area contributed by atoms with Crippen LogP contribution in [0.2, 0.25) is 0 Å². The number of aliphatic hydroxyl groups excluding tert-OH is 2. The molecule has 6 nitrogen and oxygen atoms in total. The van der Waals surface area contributed by atoms with Gasteiger partial charge in [-0.3, -0.25) is 9.59 Å². The van der Waals surface area contributed by atoms with Gasteiger partial charge in [-0.2, -0.15) is 0 Å². The van der Waals surface area contributed by atoms with Crippen molar-refractivity contribution in [3.05, 3.63) is 24.3 Å². The number of unbranched alkanes of at least 4 members (excludes halogenated alkanes) is 34. The molecule has 0 aromatic carbocycles. The number of ether oxygens (including phenoxy) is 1. The highest BCUT2D eigenvalue weighted by Gasteiger charge is 2.17. The fourth-order valence-corrected chi connectivity index (χ4v) is 7.75. The number of hydrogen-bond acceptors (Lipinski definition) is 5. The predicted octanol–water partition coefficient (Wildman–Crippen LogP) is 15.1. The first-order valence-corrected chi connectivity index (χ1v) is 25.6. The molecular formula is C52H99NO5. The van der Waals surface area contributed by atoms with Crippen LogP contribution in [0.3, 0.4) is 0 Å². The van der Waals surface area contributed by atoms with Crippen LogP contribution in [0, 0.1) is 0 Å². The van der Waals surface area contributed by atoms with Gasteiger partial charge >= 0.3 is 5.97 Å². The third-order valence-corrected chi connectivity index (χ3v) is 11.7. The number of esters is 1. The topological polar surface area (TPSA) is 95.9 Å². The van der Waals surface area contributed by atoms with Crippen LogP contribution in [0.5, 0.6) is 0 Å². The van der Waals surface area contributed by atoms with E-state index in [1.54, 1.807) is 6.08 Å². The average Bonchev–Trinajstić information content (AvgIpc) is 3.22. The second-order valence-corrected chi connectivity index (χ2v) is 17.5. The van der Waals surface area contributed by atoms with E-state index in [4.69, 9.17) is 4.74 Å². The van der Waals surface area contributed by atoms with Crippen molar-refractivity contribution in [3.8, 4) is 0 Å². The number of allylic oxidation sites excluding steroid dienone is 3. The molecule has 0 radical (unpaired) electrons. The molecule has 0 aromatic heterocycles. The summed E-state index contributed by atoms with van der Waals surface area (Å²) >= 11 is 0.